The largest absolute Gasteiger partial charge is 0.0848 e. The number of unbranched alkanes of at least 4 members (excludes halogenated alkanes) is 2. The lowest BCUT2D eigenvalue weighted by Gasteiger charge is -2.41. The second kappa shape index (κ2) is 7.84. The Kier molecular flexibility index (Phi) is 5.83. The molecule has 0 aromatic carbocycles. The first-order valence-corrected chi connectivity index (χ1v) is 10.1. The van der Waals surface area contributed by atoms with Crippen molar-refractivity contribution in [1.82, 2.24) is 0 Å². The highest BCUT2D eigenvalue weighted by atomic mass is 14.4. The van der Waals surface area contributed by atoms with Crippen LogP contribution in [0.15, 0.2) is 11.6 Å². The van der Waals surface area contributed by atoms with Gasteiger partial charge >= 0.3 is 0 Å². The molecule has 120 valence electrons. The Bertz CT molecular complexity index is 334. The quantitative estimate of drug-likeness (QED) is 0.381. The van der Waals surface area contributed by atoms with E-state index in [9.17, 15) is 0 Å². The van der Waals surface area contributed by atoms with Crippen molar-refractivity contribution in [3.05, 3.63) is 11.6 Å². The molecule has 0 N–H and O–H groups in total. The Morgan fingerprint density at radius 1 is 0.952 bits per heavy atom. The van der Waals surface area contributed by atoms with Gasteiger partial charge < -0.3 is 0 Å². The van der Waals surface area contributed by atoms with E-state index in [0.29, 0.717) is 0 Å². The van der Waals surface area contributed by atoms with E-state index in [2.05, 4.69) is 13.0 Å². The van der Waals surface area contributed by atoms with Gasteiger partial charge in [-0.25, -0.2) is 0 Å². The number of rotatable bonds is 5. The molecule has 0 aliphatic heterocycles. The number of allylic oxidation sites excluding steroid dienone is 2. The minimum Gasteiger partial charge on any atom is -0.0848 e. The third-order valence-electron chi connectivity index (χ3n) is 6.77. The van der Waals surface area contributed by atoms with Crippen LogP contribution in [0.2, 0.25) is 0 Å². The maximum Gasteiger partial charge on any atom is -0.0203 e. The summed E-state index contributed by atoms with van der Waals surface area (Å²) in [5, 5.41) is 0. The molecule has 0 heteroatoms. The van der Waals surface area contributed by atoms with Gasteiger partial charge in [-0.05, 0) is 62.2 Å². The molecule has 0 aromatic heterocycles. The van der Waals surface area contributed by atoms with Crippen molar-refractivity contribution >= 4 is 0 Å². The van der Waals surface area contributed by atoms with Crippen molar-refractivity contribution < 1.29 is 0 Å². The van der Waals surface area contributed by atoms with E-state index in [1.165, 1.54) is 70.6 Å². The Labute approximate surface area is 132 Å². The normalized spacial score (nSPS) is 34.3. The summed E-state index contributed by atoms with van der Waals surface area (Å²) < 4.78 is 0. The molecule has 2 saturated carbocycles. The maximum atomic E-state index is 2.70. The molecule has 0 spiro atoms. The van der Waals surface area contributed by atoms with E-state index in [-0.39, 0.29) is 0 Å². The predicted octanol–water partition coefficient (Wildman–Crippen LogP) is 6.90. The lowest BCUT2D eigenvalue weighted by Crippen LogP contribution is -2.29. The van der Waals surface area contributed by atoms with Crippen LogP contribution in [-0.4, -0.2) is 0 Å². The summed E-state index contributed by atoms with van der Waals surface area (Å²) in [6.45, 7) is 2.33. The third-order valence-corrected chi connectivity index (χ3v) is 6.77. The molecule has 0 bridgehead atoms. The summed E-state index contributed by atoms with van der Waals surface area (Å²) in [7, 11) is 0. The van der Waals surface area contributed by atoms with E-state index in [1.54, 1.807) is 19.3 Å². The molecular formula is C21H36. The van der Waals surface area contributed by atoms with Gasteiger partial charge in [0.2, 0.25) is 0 Å². The average molecular weight is 289 g/mol. The maximum absolute atomic E-state index is 2.70. The van der Waals surface area contributed by atoms with E-state index < -0.39 is 0 Å². The fourth-order valence-electron chi connectivity index (χ4n) is 5.42. The van der Waals surface area contributed by atoms with Gasteiger partial charge in [-0.2, -0.15) is 0 Å². The molecule has 3 aliphatic carbocycles. The van der Waals surface area contributed by atoms with Crippen LogP contribution in [0.1, 0.15) is 96.8 Å². The van der Waals surface area contributed by atoms with Crippen molar-refractivity contribution in [2.75, 3.05) is 0 Å². The molecule has 0 amide bonds. The van der Waals surface area contributed by atoms with Crippen LogP contribution in [0.25, 0.3) is 0 Å². The fraction of sp³-hybridized carbons (Fsp3) is 0.905. The first kappa shape index (κ1) is 15.6. The van der Waals surface area contributed by atoms with Crippen LogP contribution >= 0.6 is 0 Å². The van der Waals surface area contributed by atoms with Crippen molar-refractivity contribution in [2.45, 2.75) is 96.8 Å². The van der Waals surface area contributed by atoms with Crippen LogP contribution < -0.4 is 0 Å². The van der Waals surface area contributed by atoms with Crippen LogP contribution in [0.3, 0.4) is 0 Å². The average Bonchev–Trinajstić information content (AvgIpc) is 2.55. The van der Waals surface area contributed by atoms with E-state index in [1.807, 2.05) is 5.57 Å². The summed E-state index contributed by atoms with van der Waals surface area (Å²) in [6.07, 6.45) is 23.6. The minimum atomic E-state index is 0.988. The zero-order chi connectivity index (χ0) is 14.5. The molecule has 3 unspecified atom stereocenters. The fourth-order valence-corrected chi connectivity index (χ4v) is 5.42. The number of hydrogen-bond donors (Lipinski definition) is 0. The second-order valence-corrected chi connectivity index (χ2v) is 8.25. The number of fused-ring (bicyclic) bond motifs is 1. The monoisotopic (exact) mass is 288 g/mol. The topological polar surface area (TPSA) is 0 Å². The van der Waals surface area contributed by atoms with Crippen LogP contribution in [-0.2, 0) is 0 Å². The molecule has 2 fully saturated rings. The lowest BCUT2D eigenvalue weighted by molar-refractivity contribution is 0.157. The van der Waals surface area contributed by atoms with Gasteiger partial charge in [-0.3, -0.25) is 0 Å². The van der Waals surface area contributed by atoms with Crippen LogP contribution in [0.5, 0.6) is 0 Å². The van der Waals surface area contributed by atoms with Gasteiger partial charge in [-0.15, -0.1) is 0 Å². The summed E-state index contributed by atoms with van der Waals surface area (Å²) in [5.41, 5.74) is 1.89. The van der Waals surface area contributed by atoms with Crippen LogP contribution in [0, 0.1) is 23.7 Å². The van der Waals surface area contributed by atoms with Crippen LogP contribution in [0.4, 0.5) is 0 Å². The summed E-state index contributed by atoms with van der Waals surface area (Å²) in [4.78, 5) is 0. The Hall–Kier alpha value is -0.260. The molecule has 0 heterocycles. The number of hydrogen-bond acceptors (Lipinski definition) is 0. The summed E-state index contributed by atoms with van der Waals surface area (Å²) >= 11 is 0. The summed E-state index contributed by atoms with van der Waals surface area (Å²) in [6, 6.07) is 0. The molecule has 0 aromatic rings. The molecule has 3 rings (SSSR count). The SMILES string of the molecule is CCCCCC1CCC2CC(C3CCCCC3)=CCC2C1. The zero-order valence-corrected chi connectivity index (χ0v) is 14.3. The van der Waals surface area contributed by atoms with Crippen molar-refractivity contribution in [3.8, 4) is 0 Å². The van der Waals surface area contributed by atoms with Gasteiger partial charge in [-0.1, -0.05) is 69.9 Å². The molecule has 0 saturated heterocycles. The van der Waals surface area contributed by atoms with Gasteiger partial charge in [0.15, 0.2) is 0 Å². The Morgan fingerprint density at radius 2 is 1.81 bits per heavy atom. The molecule has 0 radical (unpaired) electrons. The smallest absolute Gasteiger partial charge is 0.0203 e. The third kappa shape index (κ3) is 4.14. The molecular weight excluding hydrogens is 252 g/mol. The first-order valence-electron chi connectivity index (χ1n) is 10.1. The molecule has 3 aliphatic rings. The van der Waals surface area contributed by atoms with Gasteiger partial charge in [0.05, 0.1) is 0 Å². The molecule has 3 atom stereocenters. The highest BCUT2D eigenvalue weighted by Gasteiger charge is 2.34. The van der Waals surface area contributed by atoms with Gasteiger partial charge in [0.1, 0.15) is 0 Å². The standard InChI is InChI=1S/C21H36/c1-2-3-5-8-17-11-12-21-16-20(14-13-19(21)15-17)18-9-6-4-7-10-18/h14,17-19,21H,2-13,15-16H2,1H3. The van der Waals surface area contributed by atoms with Crippen molar-refractivity contribution in [2.24, 2.45) is 23.7 Å². The molecule has 0 nitrogen and oxygen atoms in total. The van der Waals surface area contributed by atoms with E-state index in [4.69, 9.17) is 0 Å². The van der Waals surface area contributed by atoms with Gasteiger partial charge in [0.25, 0.3) is 0 Å². The highest BCUT2D eigenvalue weighted by molar-refractivity contribution is 5.13. The zero-order valence-electron chi connectivity index (χ0n) is 14.3. The van der Waals surface area contributed by atoms with E-state index >= 15 is 0 Å². The van der Waals surface area contributed by atoms with Crippen molar-refractivity contribution in [3.63, 3.8) is 0 Å². The highest BCUT2D eigenvalue weighted by Crippen LogP contribution is 2.46. The lowest BCUT2D eigenvalue weighted by atomic mass is 9.65. The predicted molar refractivity (Wildman–Crippen MR) is 92.4 cm³/mol. The first-order chi connectivity index (χ1) is 10.4. The summed E-state index contributed by atoms with van der Waals surface area (Å²) in [5.74, 6) is 4.18. The van der Waals surface area contributed by atoms with Crippen molar-refractivity contribution in [1.29, 1.82) is 0 Å². The van der Waals surface area contributed by atoms with Gasteiger partial charge in [0, 0.05) is 0 Å². The van der Waals surface area contributed by atoms with E-state index in [0.717, 1.165) is 23.7 Å². The minimum absolute atomic E-state index is 0.988. The Balaban J connectivity index is 1.49. The Morgan fingerprint density at radius 3 is 2.62 bits per heavy atom. The molecule has 21 heavy (non-hydrogen) atoms. The second-order valence-electron chi connectivity index (χ2n) is 8.25.